The molecule has 0 N–H and O–H groups in total. The number of rotatable bonds is 6. The molecule has 0 aliphatic rings. The maximum Gasteiger partial charge on any atom is 0.167 e. The lowest BCUT2D eigenvalue weighted by atomic mass is 10.1. The first-order valence-corrected chi connectivity index (χ1v) is 19.1. The maximum atomic E-state index is 6.41. The lowest BCUT2D eigenvalue weighted by Crippen LogP contribution is -2.00. The average molecular weight is 737 g/mol. The molecule has 0 fully saturated rings. The molecule has 262 valence electrons. The highest BCUT2D eigenvalue weighted by Crippen LogP contribution is 2.39. The fourth-order valence-corrected chi connectivity index (χ4v) is 8.38. The molecule has 0 spiro atoms. The predicted octanol–water partition coefficient (Wildman–Crippen LogP) is 12.3. The monoisotopic (exact) mass is 736 g/mol. The summed E-state index contributed by atoms with van der Waals surface area (Å²) in [7, 11) is 0. The van der Waals surface area contributed by atoms with Crippen LogP contribution in [0.3, 0.4) is 0 Å². The summed E-state index contributed by atoms with van der Waals surface area (Å²) in [5.41, 5.74) is 7.02. The van der Waals surface area contributed by atoms with Gasteiger partial charge in [-0.25, -0.2) is 29.9 Å². The number of hydrogen-bond acceptors (Lipinski definition) is 8. The lowest BCUT2D eigenvalue weighted by Gasteiger charge is -2.09. The van der Waals surface area contributed by atoms with Gasteiger partial charge in [0.25, 0.3) is 0 Å². The third kappa shape index (κ3) is 5.59. The quantitative estimate of drug-likeness (QED) is 0.168. The molecule has 7 aromatic carbocycles. The molecule has 56 heavy (non-hydrogen) atoms. The molecule has 0 amide bonds. The maximum absolute atomic E-state index is 6.41. The number of fused-ring (bicyclic) bond motifs is 6. The number of thiophene rings is 1. The highest BCUT2D eigenvalue weighted by molar-refractivity contribution is 7.25. The van der Waals surface area contributed by atoms with Gasteiger partial charge in [0.1, 0.15) is 11.2 Å². The molecule has 11 aromatic rings. The van der Waals surface area contributed by atoms with E-state index in [1.807, 2.05) is 121 Å². The Morgan fingerprint density at radius 2 is 0.821 bits per heavy atom. The van der Waals surface area contributed by atoms with E-state index in [4.69, 9.17) is 34.3 Å². The number of benzene rings is 7. The normalized spacial score (nSPS) is 11.6. The van der Waals surface area contributed by atoms with Crippen molar-refractivity contribution in [2.75, 3.05) is 0 Å². The van der Waals surface area contributed by atoms with Gasteiger partial charge < -0.3 is 4.42 Å². The summed E-state index contributed by atoms with van der Waals surface area (Å²) in [6.45, 7) is 0. The molecule has 0 bridgehead atoms. The SMILES string of the molecule is c1ccc(-c2nc(-c3ccccc3)nc(-c3ccc4sc5cc(-c6nc(-c7ccccc7)nc(-c7cccc8c7oc7ccccc78)n6)ccc5c4c3)n2)cc1. The number of furan rings is 1. The minimum absolute atomic E-state index is 0.557. The third-order valence-corrected chi connectivity index (χ3v) is 11.1. The Hall–Kier alpha value is -7.42. The van der Waals surface area contributed by atoms with Crippen molar-refractivity contribution in [1.29, 1.82) is 0 Å². The highest BCUT2D eigenvalue weighted by atomic mass is 32.1. The van der Waals surface area contributed by atoms with E-state index in [9.17, 15) is 0 Å². The van der Waals surface area contributed by atoms with Gasteiger partial charge in [-0.3, -0.25) is 0 Å². The minimum Gasteiger partial charge on any atom is -0.455 e. The topological polar surface area (TPSA) is 90.5 Å². The van der Waals surface area contributed by atoms with Gasteiger partial charge in [0.2, 0.25) is 0 Å². The Bertz CT molecular complexity index is 3200. The zero-order valence-electron chi connectivity index (χ0n) is 29.7. The van der Waals surface area contributed by atoms with E-state index in [1.165, 1.54) is 4.70 Å². The van der Waals surface area contributed by atoms with E-state index in [0.717, 1.165) is 70.8 Å². The summed E-state index contributed by atoms with van der Waals surface area (Å²) in [6, 6.07) is 57.2. The molecule has 4 aromatic heterocycles. The first-order valence-electron chi connectivity index (χ1n) is 18.3. The number of para-hydroxylation sites is 2. The van der Waals surface area contributed by atoms with Crippen LogP contribution in [-0.4, -0.2) is 29.9 Å². The van der Waals surface area contributed by atoms with Crippen molar-refractivity contribution < 1.29 is 4.42 Å². The summed E-state index contributed by atoms with van der Waals surface area (Å²) in [5.74, 6) is 3.65. The van der Waals surface area contributed by atoms with Gasteiger partial charge in [-0.1, -0.05) is 133 Å². The molecule has 0 radical (unpaired) electrons. The number of hydrogen-bond donors (Lipinski definition) is 0. The van der Waals surface area contributed by atoms with Gasteiger partial charge >= 0.3 is 0 Å². The van der Waals surface area contributed by atoms with Crippen LogP contribution in [0.25, 0.3) is 110 Å². The summed E-state index contributed by atoms with van der Waals surface area (Å²) >= 11 is 1.74. The second-order valence-electron chi connectivity index (χ2n) is 13.5. The van der Waals surface area contributed by atoms with E-state index in [0.29, 0.717) is 34.9 Å². The number of aromatic nitrogens is 6. The largest absolute Gasteiger partial charge is 0.455 e. The Kier molecular flexibility index (Phi) is 7.53. The summed E-state index contributed by atoms with van der Waals surface area (Å²) in [6.07, 6.45) is 0. The van der Waals surface area contributed by atoms with Crippen molar-refractivity contribution in [3.05, 3.63) is 170 Å². The molecule has 11 rings (SSSR count). The molecule has 0 saturated carbocycles. The number of nitrogens with zero attached hydrogens (tertiary/aromatic N) is 6. The van der Waals surface area contributed by atoms with Gasteiger partial charge in [0, 0.05) is 58.8 Å². The van der Waals surface area contributed by atoms with Gasteiger partial charge in [0.15, 0.2) is 34.9 Å². The van der Waals surface area contributed by atoms with Crippen LogP contribution in [0.5, 0.6) is 0 Å². The third-order valence-electron chi connectivity index (χ3n) is 10.00. The predicted molar refractivity (Wildman–Crippen MR) is 226 cm³/mol. The second kappa shape index (κ2) is 13.2. The van der Waals surface area contributed by atoms with Crippen LogP contribution in [0.1, 0.15) is 0 Å². The molecule has 0 atom stereocenters. The molecular formula is C48H28N6OS. The van der Waals surface area contributed by atoms with Crippen LogP contribution < -0.4 is 0 Å². The molecule has 0 aliphatic heterocycles. The van der Waals surface area contributed by atoms with Crippen molar-refractivity contribution in [2.24, 2.45) is 0 Å². The van der Waals surface area contributed by atoms with Crippen LogP contribution in [0.4, 0.5) is 0 Å². The van der Waals surface area contributed by atoms with Crippen LogP contribution in [-0.2, 0) is 0 Å². The molecule has 0 saturated heterocycles. The van der Waals surface area contributed by atoms with Crippen LogP contribution in [0.2, 0.25) is 0 Å². The van der Waals surface area contributed by atoms with Gasteiger partial charge in [0.05, 0.1) is 5.56 Å². The minimum atomic E-state index is 0.557. The van der Waals surface area contributed by atoms with Crippen LogP contribution in [0.15, 0.2) is 174 Å². The van der Waals surface area contributed by atoms with E-state index in [1.54, 1.807) is 11.3 Å². The summed E-state index contributed by atoms with van der Waals surface area (Å²) < 4.78 is 8.70. The van der Waals surface area contributed by atoms with Crippen molar-refractivity contribution in [1.82, 2.24) is 29.9 Å². The van der Waals surface area contributed by atoms with Crippen molar-refractivity contribution in [3.8, 4) is 68.3 Å². The Labute approximate surface area is 324 Å². The van der Waals surface area contributed by atoms with E-state index >= 15 is 0 Å². The second-order valence-corrected chi connectivity index (χ2v) is 14.6. The molecule has 8 heteroatoms. The Balaban J connectivity index is 1.04. The summed E-state index contributed by atoms with van der Waals surface area (Å²) in [5, 5.41) is 4.36. The Morgan fingerprint density at radius 1 is 0.321 bits per heavy atom. The van der Waals surface area contributed by atoms with Crippen molar-refractivity contribution in [3.63, 3.8) is 0 Å². The molecule has 0 aliphatic carbocycles. The summed E-state index contributed by atoms with van der Waals surface area (Å²) in [4.78, 5) is 30.0. The highest BCUT2D eigenvalue weighted by Gasteiger charge is 2.19. The smallest absolute Gasteiger partial charge is 0.167 e. The molecule has 4 heterocycles. The van der Waals surface area contributed by atoms with Gasteiger partial charge in [-0.05, 0) is 36.4 Å². The van der Waals surface area contributed by atoms with Crippen molar-refractivity contribution in [2.45, 2.75) is 0 Å². The average Bonchev–Trinajstić information content (AvgIpc) is 3.85. The first kappa shape index (κ1) is 32.0. The van der Waals surface area contributed by atoms with Crippen molar-refractivity contribution >= 4 is 53.4 Å². The molecule has 7 nitrogen and oxygen atoms in total. The zero-order chi connectivity index (χ0) is 37.0. The van der Waals surface area contributed by atoms with E-state index in [-0.39, 0.29) is 0 Å². The van der Waals surface area contributed by atoms with Gasteiger partial charge in [-0.15, -0.1) is 11.3 Å². The molecular weight excluding hydrogens is 709 g/mol. The van der Waals surface area contributed by atoms with E-state index in [2.05, 4.69) is 48.5 Å². The zero-order valence-corrected chi connectivity index (χ0v) is 30.5. The van der Waals surface area contributed by atoms with E-state index < -0.39 is 0 Å². The fourth-order valence-electron chi connectivity index (χ4n) is 7.26. The lowest BCUT2D eigenvalue weighted by molar-refractivity contribution is 0.669. The fraction of sp³-hybridized carbons (Fsp3) is 0. The van der Waals surface area contributed by atoms with Crippen LogP contribution >= 0.6 is 11.3 Å². The van der Waals surface area contributed by atoms with Gasteiger partial charge in [-0.2, -0.15) is 0 Å². The first-order chi connectivity index (χ1) is 27.7. The standard InChI is InChI=1S/C48H28N6OS/c1-4-13-29(14-5-1)43-49-44(30-15-6-2-7-16-30)51-46(50-43)32-24-26-40-38(27-32)35-25-23-33(28-41(35)56-40)47-52-45(31-17-8-3-9-18-31)53-48(54-47)37-21-12-20-36-34-19-10-11-22-39(34)55-42(36)37/h1-28H. The van der Waals surface area contributed by atoms with Crippen LogP contribution in [0, 0.1) is 0 Å². The molecule has 0 unspecified atom stereocenters. The Morgan fingerprint density at radius 3 is 1.45 bits per heavy atom.